The first-order valence-corrected chi connectivity index (χ1v) is 8.57. The lowest BCUT2D eigenvalue weighted by molar-refractivity contribution is 0.0636. The van der Waals surface area contributed by atoms with Crippen LogP contribution in [0.2, 0.25) is 0 Å². The molecule has 0 bridgehead atoms. The Morgan fingerprint density at radius 2 is 1.57 bits per heavy atom. The standard InChI is InChI=1S/C19H25NO2S/c1-18(2,3)16-12-11-15(23-16)13-7-9-14(10-8-13)20-17(21)22-19(4,5)6/h7-12H,1-6H3,(H,20,21). The van der Waals surface area contributed by atoms with Crippen LogP contribution in [0.4, 0.5) is 10.5 Å². The molecule has 0 fully saturated rings. The zero-order chi connectivity index (χ0) is 17.3. The fourth-order valence-electron chi connectivity index (χ4n) is 2.04. The molecule has 0 aliphatic rings. The van der Waals surface area contributed by atoms with Crippen molar-refractivity contribution in [2.24, 2.45) is 0 Å². The summed E-state index contributed by atoms with van der Waals surface area (Å²) >= 11 is 1.81. The molecule has 124 valence electrons. The highest BCUT2D eigenvalue weighted by molar-refractivity contribution is 7.15. The van der Waals surface area contributed by atoms with Crippen LogP contribution in [0.15, 0.2) is 36.4 Å². The third-order valence-corrected chi connectivity index (χ3v) is 4.72. The number of nitrogens with one attached hydrogen (secondary N) is 1. The van der Waals surface area contributed by atoms with Gasteiger partial charge in [-0.3, -0.25) is 5.32 Å². The first-order chi connectivity index (χ1) is 10.5. The Bertz CT molecular complexity index is 673. The summed E-state index contributed by atoms with van der Waals surface area (Å²) in [5, 5.41) is 2.75. The molecule has 1 heterocycles. The van der Waals surface area contributed by atoms with Crippen molar-refractivity contribution in [2.45, 2.75) is 52.6 Å². The van der Waals surface area contributed by atoms with Crippen molar-refractivity contribution in [3.8, 4) is 10.4 Å². The highest BCUT2D eigenvalue weighted by atomic mass is 32.1. The fourth-order valence-corrected chi connectivity index (χ4v) is 3.10. The Labute approximate surface area is 142 Å². The highest BCUT2D eigenvalue weighted by Gasteiger charge is 2.17. The van der Waals surface area contributed by atoms with E-state index in [0.717, 1.165) is 11.3 Å². The first-order valence-electron chi connectivity index (χ1n) is 7.75. The number of hydrogen-bond donors (Lipinski definition) is 1. The molecule has 0 saturated heterocycles. The second kappa shape index (κ2) is 6.36. The number of hydrogen-bond acceptors (Lipinski definition) is 3. The SMILES string of the molecule is CC(C)(C)OC(=O)Nc1ccc(-c2ccc(C(C)(C)C)s2)cc1. The molecule has 0 atom stereocenters. The monoisotopic (exact) mass is 331 g/mol. The van der Waals surface area contributed by atoms with Gasteiger partial charge in [0.05, 0.1) is 0 Å². The molecule has 1 aromatic carbocycles. The number of thiophene rings is 1. The lowest BCUT2D eigenvalue weighted by atomic mass is 9.95. The Kier molecular flexibility index (Phi) is 4.85. The lowest BCUT2D eigenvalue weighted by Gasteiger charge is -2.19. The lowest BCUT2D eigenvalue weighted by Crippen LogP contribution is -2.27. The maximum absolute atomic E-state index is 11.8. The molecular weight excluding hydrogens is 306 g/mol. The second-order valence-corrected chi connectivity index (χ2v) is 8.70. The van der Waals surface area contributed by atoms with Crippen LogP contribution >= 0.6 is 11.3 Å². The topological polar surface area (TPSA) is 38.3 Å². The third kappa shape index (κ3) is 5.10. The average molecular weight is 331 g/mol. The van der Waals surface area contributed by atoms with E-state index < -0.39 is 11.7 Å². The molecule has 23 heavy (non-hydrogen) atoms. The third-order valence-electron chi connectivity index (χ3n) is 3.16. The van der Waals surface area contributed by atoms with Crippen molar-refractivity contribution < 1.29 is 9.53 Å². The van der Waals surface area contributed by atoms with E-state index in [0.29, 0.717) is 0 Å². The molecule has 0 aliphatic heterocycles. The smallest absolute Gasteiger partial charge is 0.412 e. The van der Waals surface area contributed by atoms with Crippen LogP contribution < -0.4 is 5.32 Å². The largest absolute Gasteiger partial charge is 0.444 e. The number of carbonyl (C=O) groups is 1. The van der Waals surface area contributed by atoms with Gasteiger partial charge < -0.3 is 4.74 Å². The van der Waals surface area contributed by atoms with Crippen molar-refractivity contribution in [1.29, 1.82) is 0 Å². The van der Waals surface area contributed by atoms with Crippen molar-refractivity contribution in [1.82, 2.24) is 0 Å². The Balaban J connectivity index is 2.08. The maximum atomic E-state index is 11.8. The number of anilines is 1. The van der Waals surface area contributed by atoms with E-state index in [4.69, 9.17) is 4.74 Å². The van der Waals surface area contributed by atoms with Crippen LogP contribution in [0.5, 0.6) is 0 Å². The van der Waals surface area contributed by atoms with Gasteiger partial charge in [-0.25, -0.2) is 4.79 Å². The summed E-state index contributed by atoms with van der Waals surface area (Å²) in [6.07, 6.45) is -0.434. The molecule has 1 amide bonds. The quantitative estimate of drug-likeness (QED) is 0.726. The number of amides is 1. The summed E-state index contributed by atoms with van der Waals surface area (Å²) in [6, 6.07) is 12.2. The summed E-state index contributed by atoms with van der Waals surface area (Å²) in [7, 11) is 0. The summed E-state index contributed by atoms with van der Waals surface area (Å²) in [4.78, 5) is 14.4. The molecule has 2 aromatic rings. The molecular formula is C19H25NO2S. The van der Waals surface area contributed by atoms with Gasteiger partial charge in [-0.15, -0.1) is 11.3 Å². The molecule has 1 N–H and O–H groups in total. The predicted octanol–water partition coefficient (Wildman–Crippen LogP) is 6.06. The van der Waals surface area contributed by atoms with Crippen LogP contribution in [0, 0.1) is 0 Å². The van der Waals surface area contributed by atoms with Gasteiger partial charge in [-0.2, -0.15) is 0 Å². The molecule has 0 spiro atoms. The van der Waals surface area contributed by atoms with Crippen molar-refractivity contribution in [2.75, 3.05) is 5.32 Å². The van der Waals surface area contributed by atoms with E-state index in [-0.39, 0.29) is 5.41 Å². The average Bonchev–Trinajstić information content (AvgIpc) is 2.86. The molecule has 4 heteroatoms. The molecule has 0 unspecified atom stereocenters. The van der Waals surface area contributed by atoms with Crippen LogP contribution in [-0.2, 0) is 10.2 Å². The number of benzene rings is 1. The van der Waals surface area contributed by atoms with Gasteiger partial charge >= 0.3 is 6.09 Å². The molecule has 1 aromatic heterocycles. The number of rotatable bonds is 2. The van der Waals surface area contributed by atoms with Crippen LogP contribution in [0.25, 0.3) is 10.4 Å². The minimum Gasteiger partial charge on any atom is -0.444 e. The summed E-state index contributed by atoms with van der Waals surface area (Å²) in [5.41, 5.74) is 1.56. The zero-order valence-corrected chi connectivity index (χ0v) is 15.5. The van der Waals surface area contributed by atoms with E-state index in [1.165, 1.54) is 9.75 Å². The predicted molar refractivity (Wildman–Crippen MR) is 98.3 cm³/mol. The molecule has 0 saturated carbocycles. The minimum absolute atomic E-state index is 0.168. The second-order valence-electron chi connectivity index (χ2n) is 7.62. The van der Waals surface area contributed by atoms with Crippen LogP contribution in [0.3, 0.4) is 0 Å². The van der Waals surface area contributed by atoms with Gasteiger partial charge in [-0.1, -0.05) is 32.9 Å². The van der Waals surface area contributed by atoms with Gasteiger partial charge in [0.1, 0.15) is 5.60 Å². The van der Waals surface area contributed by atoms with Crippen LogP contribution in [-0.4, -0.2) is 11.7 Å². The first kappa shape index (κ1) is 17.5. The van der Waals surface area contributed by atoms with E-state index in [9.17, 15) is 4.79 Å². The van der Waals surface area contributed by atoms with Crippen molar-refractivity contribution in [3.63, 3.8) is 0 Å². The minimum atomic E-state index is -0.496. The Hall–Kier alpha value is -1.81. The van der Waals surface area contributed by atoms with E-state index in [2.05, 4.69) is 38.2 Å². The molecule has 0 radical (unpaired) electrons. The summed E-state index contributed by atoms with van der Waals surface area (Å²) < 4.78 is 5.25. The zero-order valence-electron chi connectivity index (χ0n) is 14.7. The Morgan fingerprint density at radius 1 is 0.957 bits per heavy atom. The molecule has 2 rings (SSSR count). The van der Waals surface area contributed by atoms with Gasteiger partial charge in [-0.05, 0) is 56.0 Å². The van der Waals surface area contributed by atoms with E-state index >= 15 is 0 Å². The van der Waals surface area contributed by atoms with Gasteiger partial charge in [0, 0.05) is 15.4 Å². The van der Waals surface area contributed by atoms with Gasteiger partial charge in [0.15, 0.2) is 0 Å². The molecule has 0 aliphatic carbocycles. The van der Waals surface area contributed by atoms with E-state index in [1.54, 1.807) is 0 Å². The number of ether oxygens (including phenoxy) is 1. The Morgan fingerprint density at radius 3 is 2.04 bits per heavy atom. The fraction of sp³-hybridized carbons (Fsp3) is 0.421. The van der Waals surface area contributed by atoms with Crippen LogP contribution in [0.1, 0.15) is 46.4 Å². The van der Waals surface area contributed by atoms with E-state index in [1.807, 2.05) is 56.4 Å². The maximum Gasteiger partial charge on any atom is 0.412 e. The normalized spacial score (nSPS) is 12.1. The van der Waals surface area contributed by atoms with Gasteiger partial charge in [0.25, 0.3) is 0 Å². The van der Waals surface area contributed by atoms with Gasteiger partial charge in [0.2, 0.25) is 0 Å². The number of carbonyl (C=O) groups excluding carboxylic acids is 1. The molecule has 3 nitrogen and oxygen atoms in total. The summed E-state index contributed by atoms with van der Waals surface area (Å²) in [6.45, 7) is 12.2. The summed E-state index contributed by atoms with van der Waals surface area (Å²) in [5.74, 6) is 0. The van der Waals surface area contributed by atoms with Crippen molar-refractivity contribution >= 4 is 23.1 Å². The highest BCUT2D eigenvalue weighted by Crippen LogP contribution is 2.35. The van der Waals surface area contributed by atoms with Crippen molar-refractivity contribution in [3.05, 3.63) is 41.3 Å².